The van der Waals surface area contributed by atoms with E-state index in [1.54, 1.807) is 31.3 Å². The van der Waals surface area contributed by atoms with Gasteiger partial charge < -0.3 is 15.2 Å². The Morgan fingerprint density at radius 2 is 2.14 bits per heavy atom. The predicted molar refractivity (Wildman–Crippen MR) is 108 cm³/mol. The Hall–Kier alpha value is -3.66. The fourth-order valence-electron chi connectivity index (χ4n) is 2.75. The van der Waals surface area contributed by atoms with E-state index in [1.807, 2.05) is 13.8 Å². The standard InChI is InChI=1S/C21H22N4O3/c1-5-28-21-18-16(8-6-7-15(11-22)9-10-27-4)17(20(23)26)14(3)25-19(18)13(2)12-24-21/h6-10,12H,5H2,1-4H3,(H2,23,26)/b8-6+,10-9+,15-7+. The zero-order chi connectivity index (χ0) is 20.7. The zero-order valence-corrected chi connectivity index (χ0v) is 16.3. The Kier molecular flexibility index (Phi) is 6.88. The minimum Gasteiger partial charge on any atom is -0.504 e. The van der Waals surface area contributed by atoms with Crippen molar-refractivity contribution >= 4 is 22.9 Å². The number of aromatic nitrogens is 2. The van der Waals surface area contributed by atoms with Crippen LogP contribution in [0.15, 0.2) is 36.3 Å². The minimum atomic E-state index is -0.598. The van der Waals surface area contributed by atoms with Crippen LogP contribution in [0.3, 0.4) is 0 Å². The number of rotatable bonds is 7. The molecule has 0 atom stereocenters. The van der Waals surface area contributed by atoms with Crippen LogP contribution in [-0.2, 0) is 4.74 Å². The fraction of sp³-hybridized carbons (Fsp3) is 0.238. The first-order valence-electron chi connectivity index (χ1n) is 8.64. The van der Waals surface area contributed by atoms with Gasteiger partial charge in [-0.05, 0) is 38.5 Å². The van der Waals surface area contributed by atoms with Crippen molar-refractivity contribution in [2.75, 3.05) is 13.7 Å². The first-order valence-corrected chi connectivity index (χ1v) is 8.64. The number of pyridine rings is 2. The molecule has 0 spiro atoms. The maximum Gasteiger partial charge on any atom is 0.251 e. The highest BCUT2D eigenvalue weighted by Gasteiger charge is 2.20. The number of ether oxygens (including phenoxy) is 2. The molecule has 0 aliphatic rings. The number of nitrogens with zero attached hydrogens (tertiary/aromatic N) is 3. The largest absolute Gasteiger partial charge is 0.504 e. The van der Waals surface area contributed by atoms with Gasteiger partial charge in [-0.3, -0.25) is 9.78 Å². The number of nitrogens with two attached hydrogens (primary N) is 1. The van der Waals surface area contributed by atoms with Crippen molar-refractivity contribution in [3.63, 3.8) is 0 Å². The van der Waals surface area contributed by atoms with Crippen molar-refractivity contribution in [1.29, 1.82) is 5.26 Å². The van der Waals surface area contributed by atoms with E-state index in [1.165, 1.54) is 19.4 Å². The molecule has 2 rings (SSSR count). The average molecular weight is 378 g/mol. The van der Waals surface area contributed by atoms with E-state index >= 15 is 0 Å². The summed E-state index contributed by atoms with van der Waals surface area (Å²) in [5.41, 5.74) is 8.90. The number of fused-ring (bicyclic) bond motifs is 1. The molecule has 0 saturated heterocycles. The number of aryl methyl sites for hydroxylation is 2. The molecule has 2 heterocycles. The van der Waals surface area contributed by atoms with Gasteiger partial charge in [0.05, 0.1) is 53.8 Å². The van der Waals surface area contributed by atoms with Crippen LogP contribution in [0.1, 0.15) is 34.1 Å². The lowest BCUT2D eigenvalue weighted by molar-refractivity contribution is 0.0999. The average Bonchev–Trinajstić information content (AvgIpc) is 2.66. The molecular weight excluding hydrogens is 356 g/mol. The van der Waals surface area contributed by atoms with Crippen LogP contribution in [0.2, 0.25) is 0 Å². The zero-order valence-electron chi connectivity index (χ0n) is 16.3. The monoisotopic (exact) mass is 378 g/mol. The second kappa shape index (κ2) is 9.33. The van der Waals surface area contributed by atoms with E-state index in [-0.39, 0.29) is 5.56 Å². The van der Waals surface area contributed by atoms with Crippen LogP contribution in [0.5, 0.6) is 5.88 Å². The summed E-state index contributed by atoms with van der Waals surface area (Å²) in [5.74, 6) is -0.221. The third kappa shape index (κ3) is 4.35. The highest BCUT2D eigenvalue weighted by molar-refractivity contribution is 6.06. The first-order chi connectivity index (χ1) is 13.4. The van der Waals surface area contributed by atoms with Gasteiger partial charge in [-0.2, -0.15) is 5.26 Å². The number of methoxy groups -OCH3 is 1. The van der Waals surface area contributed by atoms with E-state index in [0.717, 1.165) is 5.56 Å². The second-order valence-corrected chi connectivity index (χ2v) is 5.88. The van der Waals surface area contributed by atoms with Crippen molar-refractivity contribution < 1.29 is 14.3 Å². The number of carbonyl (C=O) groups is 1. The van der Waals surface area contributed by atoms with Crippen molar-refractivity contribution in [1.82, 2.24) is 9.97 Å². The lowest BCUT2D eigenvalue weighted by atomic mass is 9.99. The van der Waals surface area contributed by atoms with Gasteiger partial charge in [-0.25, -0.2) is 4.98 Å². The third-order valence-electron chi connectivity index (χ3n) is 3.96. The van der Waals surface area contributed by atoms with Gasteiger partial charge in [0.2, 0.25) is 5.88 Å². The number of allylic oxidation sites excluding steroid dienone is 4. The van der Waals surface area contributed by atoms with Gasteiger partial charge in [0.1, 0.15) is 0 Å². The maximum atomic E-state index is 12.1. The summed E-state index contributed by atoms with van der Waals surface area (Å²) >= 11 is 0. The second-order valence-electron chi connectivity index (χ2n) is 5.88. The normalized spacial score (nSPS) is 11.9. The summed E-state index contributed by atoms with van der Waals surface area (Å²) in [6.45, 7) is 5.88. The van der Waals surface area contributed by atoms with Gasteiger partial charge in [0, 0.05) is 11.8 Å². The fourth-order valence-corrected chi connectivity index (χ4v) is 2.75. The van der Waals surface area contributed by atoms with Crippen LogP contribution in [-0.4, -0.2) is 29.6 Å². The molecule has 2 aromatic heterocycles. The van der Waals surface area contributed by atoms with Gasteiger partial charge in [-0.15, -0.1) is 0 Å². The highest BCUT2D eigenvalue weighted by atomic mass is 16.5. The molecule has 0 aliphatic carbocycles. The van der Waals surface area contributed by atoms with Gasteiger partial charge in [0.15, 0.2) is 0 Å². The molecule has 28 heavy (non-hydrogen) atoms. The molecule has 0 radical (unpaired) electrons. The molecule has 7 nitrogen and oxygen atoms in total. The van der Waals surface area contributed by atoms with Gasteiger partial charge in [0.25, 0.3) is 5.91 Å². The molecule has 1 amide bonds. The molecule has 0 unspecified atom stereocenters. The van der Waals surface area contributed by atoms with Crippen molar-refractivity contribution in [2.24, 2.45) is 5.73 Å². The Balaban J connectivity index is 2.79. The number of carbonyl (C=O) groups excluding carboxylic acids is 1. The first kappa shape index (κ1) is 20.6. The summed E-state index contributed by atoms with van der Waals surface area (Å²) < 4.78 is 10.5. The molecule has 2 N–H and O–H groups in total. The lowest BCUT2D eigenvalue weighted by Crippen LogP contribution is -2.16. The summed E-state index contributed by atoms with van der Waals surface area (Å²) in [5, 5.41) is 9.79. The van der Waals surface area contributed by atoms with Crippen LogP contribution >= 0.6 is 0 Å². The third-order valence-corrected chi connectivity index (χ3v) is 3.96. The Labute approximate surface area is 163 Å². The van der Waals surface area contributed by atoms with Crippen LogP contribution in [0.4, 0.5) is 0 Å². The van der Waals surface area contributed by atoms with Crippen molar-refractivity contribution in [2.45, 2.75) is 20.8 Å². The van der Waals surface area contributed by atoms with Crippen LogP contribution in [0, 0.1) is 25.2 Å². The topological polar surface area (TPSA) is 111 Å². The summed E-state index contributed by atoms with van der Waals surface area (Å²) in [6.07, 6.45) is 9.60. The molecule has 0 fully saturated rings. The van der Waals surface area contributed by atoms with E-state index in [2.05, 4.69) is 16.0 Å². The van der Waals surface area contributed by atoms with E-state index in [4.69, 9.17) is 15.2 Å². The minimum absolute atomic E-state index is 0.288. The summed E-state index contributed by atoms with van der Waals surface area (Å²) in [7, 11) is 1.50. The molecule has 0 saturated carbocycles. The molecule has 144 valence electrons. The number of hydrogen-bond acceptors (Lipinski definition) is 6. The lowest BCUT2D eigenvalue weighted by Gasteiger charge is -2.14. The molecule has 0 aliphatic heterocycles. The number of nitriles is 1. The highest BCUT2D eigenvalue weighted by Crippen LogP contribution is 2.32. The molecule has 2 aromatic rings. The van der Waals surface area contributed by atoms with Crippen LogP contribution in [0.25, 0.3) is 17.0 Å². The SMILES string of the molecule is CCOc1ncc(C)c2nc(C)c(C(N)=O)c(/C=C/C=C(C#N)\C=C\OC)c12. The number of amides is 1. The van der Waals surface area contributed by atoms with E-state index in [9.17, 15) is 10.1 Å². The van der Waals surface area contributed by atoms with Crippen molar-refractivity contribution in [3.05, 3.63) is 58.6 Å². The number of hydrogen-bond donors (Lipinski definition) is 1. The Morgan fingerprint density at radius 3 is 2.75 bits per heavy atom. The van der Waals surface area contributed by atoms with Crippen molar-refractivity contribution in [3.8, 4) is 11.9 Å². The smallest absolute Gasteiger partial charge is 0.251 e. The predicted octanol–water partition coefficient (Wildman–Crippen LogP) is 3.37. The Bertz CT molecular complexity index is 1030. The molecule has 7 heteroatoms. The van der Waals surface area contributed by atoms with Gasteiger partial charge in [-0.1, -0.05) is 12.2 Å². The summed E-state index contributed by atoms with van der Waals surface area (Å²) in [6, 6.07) is 2.05. The van der Waals surface area contributed by atoms with Gasteiger partial charge >= 0.3 is 0 Å². The molecule has 0 bridgehead atoms. The van der Waals surface area contributed by atoms with E-state index < -0.39 is 5.91 Å². The molecular formula is C21H22N4O3. The Morgan fingerprint density at radius 1 is 1.39 bits per heavy atom. The summed E-state index contributed by atoms with van der Waals surface area (Å²) in [4.78, 5) is 21.0. The molecule has 0 aromatic carbocycles. The van der Waals surface area contributed by atoms with E-state index in [0.29, 0.717) is 40.2 Å². The van der Waals surface area contributed by atoms with Crippen LogP contribution < -0.4 is 10.5 Å². The number of primary amides is 1. The maximum absolute atomic E-state index is 12.1. The quantitative estimate of drug-likeness (QED) is 0.449.